The maximum Gasteiger partial charge on any atom is 0.314 e. The molecule has 0 radical (unpaired) electrons. The SMILES string of the molecule is NCCOCCOCCOCCNC(=O)NCCCCNC(=O)NCCOCCOCCOCCN. The highest BCUT2D eigenvalue weighted by atomic mass is 16.5. The van der Waals surface area contributed by atoms with Crippen LogP contribution in [-0.2, 0) is 28.4 Å². The van der Waals surface area contributed by atoms with Crippen molar-refractivity contribution in [2.75, 3.05) is 119 Å². The highest BCUT2D eigenvalue weighted by molar-refractivity contribution is 5.74. The lowest BCUT2D eigenvalue weighted by molar-refractivity contribution is 0.0168. The molecule has 0 saturated heterocycles. The van der Waals surface area contributed by atoms with E-state index in [-0.39, 0.29) is 12.1 Å². The second-order valence-electron chi connectivity index (χ2n) is 7.32. The van der Waals surface area contributed by atoms with Gasteiger partial charge in [-0.05, 0) is 12.8 Å². The fourth-order valence-corrected chi connectivity index (χ4v) is 2.50. The van der Waals surface area contributed by atoms with E-state index in [0.717, 1.165) is 12.8 Å². The molecule has 0 rings (SSSR count). The van der Waals surface area contributed by atoms with E-state index in [9.17, 15) is 9.59 Å². The van der Waals surface area contributed by atoms with Crippen LogP contribution < -0.4 is 32.7 Å². The van der Waals surface area contributed by atoms with E-state index in [4.69, 9.17) is 39.9 Å². The monoisotopic (exact) mass is 524 g/mol. The topological polar surface area (TPSA) is 190 Å². The van der Waals surface area contributed by atoms with Crippen LogP contribution in [0.3, 0.4) is 0 Å². The van der Waals surface area contributed by atoms with Gasteiger partial charge in [0.25, 0.3) is 0 Å². The van der Waals surface area contributed by atoms with Gasteiger partial charge in [0, 0.05) is 39.3 Å². The summed E-state index contributed by atoms with van der Waals surface area (Å²) in [7, 11) is 0. The van der Waals surface area contributed by atoms with Crippen LogP contribution >= 0.6 is 0 Å². The lowest BCUT2D eigenvalue weighted by Crippen LogP contribution is -2.39. The van der Waals surface area contributed by atoms with Crippen molar-refractivity contribution in [1.82, 2.24) is 21.3 Å². The van der Waals surface area contributed by atoms with Crippen molar-refractivity contribution in [2.24, 2.45) is 11.5 Å². The number of rotatable bonds is 27. The van der Waals surface area contributed by atoms with Gasteiger partial charge in [0.05, 0.1) is 79.3 Å². The zero-order chi connectivity index (χ0) is 26.4. The van der Waals surface area contributed by atoms with Gasteiger partial charge in [-0.1, -0.05) is 0 Å². The molecule has 214 valence electrons. The number of nitrogens with two attached hydrogens (primary N) is 2. The molecule has 0 atom stereocenters. The lowest BCUT2D eigenvalue weighted by atomic mass is 10.3. The molecule has 0 aliphatic heterocycles. The largest absolute Gasteiger partial charge is 0.378 e. The summed E-state index contributed by atoms with van der Waals surface area (Å²) >= 11 is 0. The van der Waals surface area contributed by atoms with E-state index in [1.54, 1.807) is 0 Å². The number of unbranched alkanes of at least 4 members (excludes halogenated alkanes) is 1. The van der Waals surface area contributed by atoms with Crippen LogP contribution in [0.4, 0.5) is 9.59 Å². The first-order valence-electron chi connectivity index (χ1n) is 12.6. The molecule has 0 spiro atoms. The maximum absolute atomic E-state index is 11.7. The number of urea groups is 2. The minimum absolute atomic E-state index is 0.247. The summed E-state index contributed by atoms with van der Waals surface area (Å²) in [5.41, 5.74) is 10.6. The molecule has 0 aliphatic rings. The lowest BCUT2D eigenvalue weighted by Gasteiger charge is -2.10. The summed E-state index contributed by atoms with van der Waals surface area (Å²) in [5.74, 6) is 0. The van der Waals surface area contributed by atoms with E-state index in [1.165, 1.54) is 0 Å². The summed E-state index contributed by atoms with van der Waals surface area (Å²) in [4.78, 5) is 23.4. The zero-order valence-electron chi connectivity index (χ0n) is 21.6. The first-order chi connectivity index (χ1) is 17.7. The molecule has 0 unspecified atom stereocenters. The fourth-order valence-electron chi connectivity index (χ4n) is 2.50. The van der Waals surface area contributed by atoms with Crippen molar-refractivity contribution >= 4 is 12.1 Å². The summed E-state index contributed by atoms with van der Waals surface area (Å²) in [6.07, 6.45) is 1.49. The summed E-state index contributed by atoms with van der Waals surface area (Å²) < 4.78 is 31.7. The third-order valence-corrected chi connectivity index (χ3v) is 4.25. The first kappa shape index (κ1) is 34.2. The van der Waals surface area contributed by atoms with Crippen molar-refractivity contribution in [3.63, 3.8) is 0 Å². The molecule has 0 aromatic carbocycles. The van der Waals surface area contributed by atoms with Crippen LogP contribution in [0.25, 0.3) is 0 Å². The number of hydrogen-bond acceptors (Lipinski definition) is 10. The average molecular weight is 525 g/mol. The van der Waals surface area contributed by atoms with Crippen LogP contribution in [-0.4, -0.2) is 131 Å². The number of ether oxygens (including phenoxy) is 6. The van der Waals surface area contributed by atoms with Crippen molar-refractivity contribution in [2.45, 2.75) is 12.8 Å². The number of carbonyl (C=O) groups is 2. The number of amides is 4. The van der Waals surface area contributed by atoms with Crippen molar-refractivity contribution < 1.29 is 38.0 Å². The molecule has 0 bridgehead atoms. The van der Waals surface area contributed by atoms with E-state index in [0.29, 0.717) is 119 Å². The van der Waals surface area contributed by atoms with Gasteiger partial charge in [0.15, 0.2) is 0 Å². The molecule has 36 heavy (non-hydrogen) atoms. The third-order valence-electron chi connectivity index (χ3n) is 4.25. The molecule has 4 amide bonds. The second kappa shape index (κ2) is 29.5. The highest BCUT2D eigenvalue weighted by Crippen LogP contribution is 1.86. The summed E-state index contributed by atoms with van der Waals surface area (Å²) in [6.45, 7) is 8.63. The first-order valence-corrected chi connectivity index (χ1v) is 12.6. The van der Waals surface area contributed by atoms with Crippen molar-refractivity contribution in [3.8, 4) is 0 Å². The van der Waals surface area contributed by atoms with Gasteiger partial charge < -0.3 is 61.2 Å². The molecular formula is C22H48N6O8. The minimum atomic E-state index is -0.247. The van der Waals surface area contributed by atoms with Crippen molar-refractivity contribution in [1.29, 1.82) is 0 Å². The smallest absolute Gasteiger partial charge is 0.314 e. The molecule has 0 heterocycles. The summed E-state index contributed by atoms with van der Waals surface area (Å²) in [6, 6.07) is -0.495. The number of hydrogen-bond donors (Lipinski definition) is 6. The molecular weight excluding hydrogens is 476 g/mol. The number of nitrogens with one attached hydrogen (secondary N) is 4. The van der Waals surface area contributed by atoms with E-state index < -0.39 is 0 Å². The Hall–Kier alpha value is -1.78. The predicted octanol–water partition coefficient (Wildman–Crippen LogP) is -1.62. The van der Waals surface area contributed by atoms with Crippen LogP contribution in [0.2, 0.25) is 0 Å². The number of carbonyl (C=O) groups excluding carboxylic acids is 2. The Bertz CT molecular complexity index is 451. The van der Waals surface area contributed by atoms with Gasteiger partial charge in [-0.25, -0.2) is 9.59 Å². The predicted molar refractivity (Wildman–Crippen MR) is 135 cm³/mol. The standard InChI is InChI=1S/C22H48N6O8/c23-3-9-31-13-17-35-19-15-33-11-7-27-21(29)25-5-1-2-6-26-22(30)28-8-12-34-16-20-36-18-14-32-10-4-24/h1-20,23-24H2,(H2,25,27,29)(H2,26,28,30). The molecule has 0 aromatic rings. The maximum atomic E-state index is 11.7. The summed E-state index contributed by atoms with van der Waals surface area (Å²) in [5, 5.41) is 11.0. The molecule has 0 aromatic heterocycles. The van der Waals surface area contributed by atoms with Gasteiger partial charge in [-0.2, -0.15) is 0 Å². The van der Waals surface area contributed by atoms with E-state index in [2.05, 4.69) is 21.3 Å². The van der Waals surface area contributed by atoms with Crippen LogP contribution in [0.15, 0.2) is 0 Å². The Morgan fingerprint density at radius 1 is 0.417 bits per heavy atom. The van der Waals surface area contributed by atoms with E-state index >= 15 is 0 Å². The Labute approximate surface area is 214 Å². The van der Waals surface area contributed by atoms with Gasteiger partial charge >= 0.3 is 12.1 Å². The quantitative estimate of drug-likeness (QED) is 0.0681. The normalized spacial score (nSPS) is 10.8. The second-order valence-corrected chi connectivity index (χ2v) is 7.32. The third kappa shape index (κ3) is 28.5. The Morgan fingerprint density at radius 2 is 0.694 bits per heavy atom. The molecule has 14 nitrogen and oxygen atoms in total. The van der Waals surface area contributed by atoms with Gasteiger partial charge in [0.2, 0.25) is 0 Å². The molecule has 0 fully saturated rings. The molecule has 0 saturated carbocycles. The van der Waals surface area contributed by atoms with E-state index in [1.807, 2.05) is 0 Å². The van der Waals surface area contributed by atoms with Crippen molar-refractivity contribution in [3.05, 3.63) is 0 Å². The zero-order valence-corrected chi connectivity index (χ0v) is 21.6. The fraction of sp³-hybridized carbons (Fsp3) is 0.909. The van der Waals surface area contributed by atoms with Gasteiger partial charge in [-0.3, -0.25) is 0 Å². The van der Waals surface area contributed by atoms with Crippen LogP contribution in [0.5, 0.6) is 0 Å². The Balaban J connectivity index is 3.26. The Kier molecular flexibility index (Phi) is 28.0. The average Bonchev–Trinajstić information content (AvgIpc) is 2.87. The molecule has 14 heteroatoms. The minimum Gasteiger partial charge on any atom is -0.378 e. The molecule has 8 N–H and O–H groups in total. The highest BCUT2D eigenvalue weighted by Gasteiger charge is 2.01. The van der Waals surface area contributed by atoms with Gasteiger partial charge in [0.1, 0.15) is 0 Å². The Morgan fingerprint density at radius 3 is 1.03 bits per heavy atom. The molecule has 0 aliphatic carbocycles. The van der Waals surface area contributed by atoms with Gasteiger partial charge in [-0.15, -0.1) is 0 Å². The van der Waals surface area contributed by atoms with Crippen LogP contribution in [0, 0.1) is 0 Å². The van der Waals surface area contributed by atoms with Crippen LogP contribution in [0.1, 0.15) is 12.8 Å².